The minimum absolute atomic E-state index is 0.00876. The van der Waals surface area contributed by atoms with Crippen LogP contribution in [0, 0.1) is 17.1 Å². The lowest BCUT2D eigenvalue weighted by molar-refractivity contribution is -0.138. The molecule has 0 bridgehead atoms. The van der Waals surface area contributed by atoms with E-state index in [0.29, 0.717) is 12.5 Å². The second-order valence-corrected chi connectivity index (χ2v) is 6.47. The van der Waals surface area contributed by atoms with Gasteiger partial charge in [0, 0.05) is 24.7 Å². The van der Waals surface area contributed by atoms with E-state index >= 15 is 0 Å². The largest absolute Gasteiger partial charge is 0.505 e. The number of nitrogens with zero attached hydrogens (tertiary/aromatic N) is 4. The van der Waals surface area contributed by atoms with Crippen LogP contribution < -0.4 is 9.80 Å². The molecule has 29 heavy (non-hydrogen) atoms. The molecule has 1 aromatic heterocycles. The molecular weight excluding hydrogens is 412 g/mol. The van der Waals surface area contributed by atoms with E-state index < -0.39 is 34.9 Å². The molecule has 1 aromatic carbocycles. The van der Waals surface area contributed by atoms with Crippen LogP contribution in [0.5, 0.6) is 5.75 Å². The molecule has 1 amide bonds. The van der Waals surface area contributed by atoms with Gasteiger partial charge in [-0.25, -0.2) is 9.37 Å². The third-order valence-electron chi connectivity index (χ3n) is 4.23. The third kappa shape index (κ3) is 3.97. The van der Waals surface area contributed by atoms with Crippen molar-refractivity contribution in [3.63, 3.8) is 0 Å². The molecule has 2 aromatic rings. The van der Waals surface area contributed by atoms with Crippen LogP contribution in [0.1, 0.15) is 24.1 Å². The van der Waals surface area contributed by atoms with Crippen molar-refractivity contribution in [2.75, 3.05) is 16.3 Å². The number of pyridine rings is 1. The summed E-state index contributed by atoms with van der Waals surface area (Å²) in [5, 5.41) is 18.3. The van der Waals surface area contributed by atoms with Crippen molar-refractivity contribution in [1.82, 2.24) is 4.98 Å². The molecule has 0 aliphatic carbocycles. The number of thiocarbonyl (C=S) groups is 1. The van der Waals surface area contributed by atoms with Gasteiger partial charge in [0.15, 0.2) is 22.4 Å². The highest BCUT2D eigenvalue weighted by atomic mass is 32.1. The maximum atomic E-state index is 13.4. The monoisotopic (exact) mass is 424 g/mol. The van der Waals surface area contributed by atoms with Gasteiger partial charge in [-0.3, -0.25) is 9.69 Å². The molecule has 2 heterocycles. The zero-order valence-electron chi connectivity index (χ0n) is 14.6. The molecule has 0 saturated carbocycles. The Morgan fingerprint density at radius 2 is 1.97 bits per heavy atom. The Labute approximate surface area is 167 Å². The van der Waals surface area contributed by atoms with Crippen molar-refractivity contribution in [2.45, 2.75) is 19.0 Å². The Morgan fingerprint density at radius 1 is 1.24 bits per heavy atom. The zero-order valence-corrected chi connectivity index (χ0v) is 15.4. The molecule has 6 nitrogen and oxygen atoms in total. The van der Waals surface area contributed by atoms with E-state index in [2.05, 4.69) is 4.98 Å². The van der Waals surface area contributed by atoms with Crippen LogP contribution in [0.4, 0.5) is 28.9 Å². The number of phenols is 1. The quantitative estimate of drug-likeness (QED) is 0.585. The highest BCUT2D eigenvalue weighted by molar-refractivity contribution is 7.81. The molecule has 1 aliphatic rings. The standard InChI is InChI=1S/C18H12F4N4O2S/c19-13-4-3-10(7-15(13)27)25-5-1-2-16(28)26(17(25)29)11-6-12(18(20,21)22)14(8-23)24-9-11/h3-4,6-7,9,27H,1-2,5H2. The summed E-state index contributed by atoms with van der Waals surface area (Å²) >= 11 is 5.33. The van der Waals surface area contributed by atoms with Crippen molar-refractivity contribution in [1.29, 1.82) is 5.26 Å². The summed E-state index contributed by atoms with van der Waals surface area (Å²) in [4.78, 5) is 18.4. The van der Waals surface area contributed by atoms with Crippen molar-refractivity contribution in [2.24, 2.45) is 0 Å². The van der Waals surface area contributed by atoms with Crippen LogP contribution in [0.3, 0.4) is 0 Å². The molecule has 0 radical (unpaired) electrons. The number of hydrogen-bond acceptors (Lipinski definition) is 5. The number of nitriles is 1. The number of alkyl halides is 3. The molecular formula is C18H12F4N4O2S. The summed E-state index contributed by atoms with van der Waals surface area (Å²) < 4.78 is 53.2. The van der Waals surface area contributed by atoms with Gasteiger partial charge in [-0.2, -0.15) is 18.4 Å². The number of halogens is 4. The number of benzene rings is 1. The first-order valence-corrected chi connectivity index (χ1v) is 8.64. The number of anilines is 2. The van der Waals surface area contributed by atoms with Gasteiger partial charge < -0.3 is 10.0 Å². The lowest BCUT2D eigenvalue weighted by Crippen LogP contribution is -2.44. The van der Waals surface area contributed by atoms with E-state index in [1.165, 1.54) is 17.0 Å². The first-order valence-electron chi connectivity index (χ1n) is 8.24. The van der Waals surface area contributed by atoms with E-state index in [4.69, 9.17) is 17.5 Å². The van der Waals surface area contributed by atoms with E-state index in [9.17, 15) is 27.5 Å². The fraction of sp³-hybridized carbons (Fsp3) is 0.222. The predicted molar refractivity (Wildman–Crippen MR) is 98.7 cm³/mol. The molecule has 0 spiro atoms. The van der Waals surface area contributed by atoms with Crippen LogP contribution in [0.25, 0.3) is 0 Å². The number of carbonyl (C=O) groups excluding carboxylic acids is 1. The van der Waals surface area contributed by atoms with Crippen LogP contribution >= 0.6 is 12.2 Å². The Balaban J connectivity index is 2.07. The van der Waals surface area contributed by atoms with Gasteiger partial charge in [0.1, 0.15) is 6.07 Å². The second kappa shape index (κ2) is 7.63. The SMILES string of the molecule is N#Cc1ncc(N2C(=O)CCCN(c3ccc(F)c(O)c3)C2=S)cc1C(F)(F)F. The lowest BCUT2D eigenvalue weighted by Gasteiger charge is -2.30. The van der Waals surface area contributed by atoms with Crippen molar-refractivity contribution < 1.29 is 27.5 Å². The molecule has 11 heteroatoms. The fourth-order valence-corrected chi connectivity index (χ4v) is 3.27. The Bertz CT molecular complexity index is 1040. The number of hydrogen-bond donors (Lipinski definition) is 1. The summed E-state index contributed by atoms with van der Waals surface area (Å²) in [7, 11) is 0. The Hall–Kier alpha value is -3.26. The topological polar surface area (TPSA) is 80.5 Å². The Kier molecular flexibility index (Phi) is 5.39. The Morgan fingerprint density at radius 3 is 2.59 bits per heavy atom. The third-order valence-corrected chi connectivity index (χ3v) is 4.63. The van der Waals surface area contributed by atoms with Gasteiger partial charge in [0.2, 0.25) is 5.91 Å². The average molecular weight is 424 g/mol. The van der Waals surface area contributed by atoms with E-state index in [0.717, 1.165) is 23.2 Å². The van der Waals surface area contributed by atoms with E-state index in [1.807, 2.05) is 0 Å². The second-order valence-electron chi connectivity index (χ2n) is 6.10. The zero-order chi connectivity index (χ0) is 21.3. The molecule has 1 fully saturated rings. The van der Waals surface area contributed by atoms with E-state index in [1.54, 1.807) is 0 Å². The highest BCUT2D eigenvalue weighted by Crippen LogP contribution is 2.35. The minimum atomic E-state index is -4.85. The van der Waals surface area contributed by atoms with Crippen LogP contribution in [0.2, 0.25) is 0 Å². The van der Waals surface area contributed by atoms with E-state index in [-0.39, 0.29) is 29.5 Å². The van der Waals surface area contributed by atoms with Crippen LogP contribution in [-0.4, -0.2) is 27.7 Å². The van der Waals surface area contributed by atoms with Crippen LogP contribution in [0.15, 0.2) is 30.5 Å². The molecule has 1 saturated heterocycles. The summed E-state index contributed by atoms with van der Waals surface area (Å²) in [6.45, 7) is 0.224. The summed E-state index contributed by atoms with van der Waals surface area (Å²) in [6, 6.07) is 5.45. The molecule has 150 valence electrons. The molecule has 0 atom stereocenters. The van der Waals surface area contributed by atoms with Gasteiger partial charge >= 0.3 is 6.18 Å². The minimum Gasteiger partial charge on any atom is -0.505 e. The highest BCUT2D eigenvalue weighted by Gasteiger charge is 2.37. The van der Waals surface area contributed by atoms with Gasteiger partial charge in [-0.05, 0) is 36.8 Å². The van der Waals surface area contributed by atoms with Crippen LogP contribution in [-0.2, 0) is 11.0 Å². The molecule has 3 rings (SSSR count). The average Bonchev–Trinajstić information content (AvgIpc) is 2.81. The molecule has 1 N–H and O–H groups in total. The number of aromatic hydroxyl groups is 1. The van der Waals surface area contributed by atoms with Gasteiger partial charge in [0.25, 0.3) is 0 Å². The number of phenolic OH excluding ortho intramolecular Hbond substituents is 1. The van der Waals surface area contributed by atoms with Crippen molar-refractivity contribution >= 4 is 34.6 Å². The summed E-state index contributed by atoms with van der Waals surface area (Å²) in [5.41, 5.74) is -2.09. The van der Waals surface area contributed by atoms with Gasteiger partial charge in [-0.15, -0.1) is 0 Å². The number of aromatic nitrogens is 1. The fourth-order valence-electron chi connectivity index (χ4n) is 2.87. The van der Waals surface area contributed by atoms with Gasteiger partial charge in [-0.1, -0.05) is 0 Å². The summed E-state index contributed by atoms with van der Waals surface area (Å²) in [6.07, 6.45) is -3.58. The summed E-state index contributed by atoms with van der Waals surface area (Å²) in [5.74, 6) is -2.04. The number of rotatable bonds is 2. The van der Waals surface area contributed by atoms with Gasteiger partial charge in [0.05, 0.1) is 17.4 Å². The maximum Gasteiger partial charge on any atom is 0.419 e. The maximum absolute atomic E-state index is 13.4. The first kappa shape index (κ1) is 20.5. The number of carbonyl (C=O) groups is 1. The number of amides is 1. The van der Waals surface area contributed by atoms with Crippen molar-refractivity contribution in [3.05, 3.63) is 47.5 Å². The normalized spacial score (nSPS) is 15.3. The predicted octanol–water partition coefficient (Wildman–Crippen LogP) is 3.74. The molecule has 1 aliphatic heterocycles. The molecule has 0 unspecified atom stereocenters. The smallest absolute Gasteiger partial charge is 0.419 e. The van der Waals surface area contributed by atoms with Crippen molar-refractivity contribution in [3.8, 4) is 11.8 Å². The lowest BCUT2D eigenvalue weighted by atomic mass is 10.1. The first-order chi connectivity index (χ1) is 13.6.